The summed E-state index contributed by atoms with van der Waals surface area (Å²) in [4.78, 5) is 0. The van der Waals surface area contributed by atoms with Crippen molar-refractivity contribution in [1.82, 2.24) is 0 Å². The molecule has 2 nitrogen and oxygen atoms in total. The highest BCUT2D eigenvalue weighted by molar-refractivity contribution is 5.63. The molecule has 0 radical (unpaired) electrons. The second kappa shape index (κ2) is 6.21. The highest BCUT2D eigenvalue weighted by atomic mass is 16.5. The van der Waals surface area contributed by atoms with Crippen LogP contribution in [0.25, 0.3) is 11.1 Å². The van der Waals surface area contributed by atoms with Crippen molar-refractivity contribution in [1.29, 1.82) is 0 Å². The molecule has 0 amide bonds. The third-order valence-corrected chi connectivity index (χ3v) is 4.06. The summed E-state index contributed by atoms with van der Waals surface area (Å²) >= 11 is 0. The molecule has 0 saturated carbocycles. The van der Waals surface area contributed by atoms with Gasteiger partial charge in [0.1, 0.15) is 0 Å². The molecule has 1 saturated heterocycles. The van der Waals surface area contributed by atoms with Gasteiger partial charge in [0.2, 0.25) is 0 Å². The van der Waals surface area contributed by atoms with E-state index in [1.54, 1.807) is 0 Å². The Balaban J connectivity index is 1.69. The first-order valence-electron chi connectivity index (χ1n) is 7.31. The van der Waals surface area contributed by atoms with E-state index in [0.29, 0.717) is 5.92 Å². The Morgan fingerprint density at radius 1 is 1.00 bits per heavy atom. The zero-order valence-electron chi connectivity index (χ0n) is 11.7. The van der Waals surface area contributed by atoms with E-state index in [1.807, 2.05) is 6.07 Å². The van der Waals surface area contributed by atoms with Crippen molar-refractivity contribution in [3.63, 3.8) is 0 Å². The molecule has 1 fully saturated rings. The van der Waals surface area contributed by atoms with Gasteiger partial charge in [0.15, 0.2) is 0 Å². The van der Waals surface area contributed by atoms with E-state index >= 15 is 0 Å². The Morgan fingerprint density at radius 2 is 1.70 bits per heavy atom. The lowest BCUT2D eigenvalue weighted by molar-refractivity contribution is 0.182. The molecule has 2 aromatic rings. The van der Waals surface area contributed by atoms with Crippen LogP contribution in [0.4, 0.5) is 0 Å². The molecule has 2 heteroatoms. The fourth-order valence-electron chi connectivity index (χ4n) is 2.82. The van der Waals surface area contributed by atoms with E-state index in [0.717, 1.165) is 26.1 Å². The average molecular weight is 267 g/mol. The quantitative estimate of drug-likeness (QED) is 0.915. The molecule has 1 aliphatic heterocycles. The SMILES string of the molecule is NC(CC1CCOC1)c1ccc(-c2ccccc2)cc1. The van der Waals surface area contributed by atoms with Crippen LogP contribution < -0.4 is 5.73 Å². The first-order chi connectivity index (χ1) is 9.83. The van der Waals surface area contributed by atoms with Crippen LogP contribution in [0, 0.1) is 5.92 Å². The summed E-state index contributed by atoms with van der Waals surface area (Å²) in [5, 5.41) is 0. The Bertz CT molecular complexity index is 529. The standard InChI is InChI=1S/C18H21NO/c19-18(12-14-10-11-20-13-14)17-8-6-16(7-9-17)15-4-2-1-3-5-15/h1-9,14,18H,10-13,19H2. The van der Waals surface area contributed by atoms with Crippen LogP contribution >= 0.6 is 0 Å². The molecule has 2 unspecified atom stereocenters. The van der Waals surface area contributed by atoms with Gasteiger partial charge in [0, 0.05) is 19.3 Å². The monoisotopic (exact) mass is 267 g/mol. The number of hydrogen-bond acceptors (Lipinski definition) is 2. The summed E-state index contributed by atoms with van der Waals surface area (Å²) in [6.07, 6.45) is 2.17. The second-order valence-electron chi connectivity index (χ2n) is 5.56. The van der Waals surface area contributed by atoms with Crippen molar-refractivity contribution in [3.8, 4) is 11.1 Å². The highest BCUT2D eigenvalue weighted by Gasteiger charge is 2.19. The average Bonchev–Trinajstić information content (AvgIpc) is 3.01. The molecule has 2 atom stereocenters. The van der Waals surface area contributed by atoms with Crippen molar-refractivity contribution < 1.29 is 4.74 Å². The first kappa shape index (κ1) is 13.3. The van der Waals surface area contributed by atoms with Crippen molar-refractivity contribution in [3.05, 3.63) is 60.2 Å². The predicted octanol–water partition coefficient (Wildman–Crippen LogP) is 3.78. The van der Waals surface area contributed by atoms with Crippen LogP contribution in [0.3, 0.4) is 0 Å². The van der Waals surface area contributed by atoms with Crippen LogP contribution in [0.5, 0.6) is 0 Å². The molecule has 1 aliphatic rings. The van der Waals surface area contributed by atoms with Crippen LogP contribution in [0.15, 0.2) is 54.6 Å². The van der Waals surface area contributed by atoms with Gasteiger partial charge in [-0.15, -0.1) is 0 Å². The first-order valence-corrected chi connectivity index (χ1v) is 7.31. The van der Waals surface area contributed by atoms with Gasteiger partial charge in [-0.3, -0.25) is 0 Å². The molecule has 1 heterocycles. The Morgan fingerprint density at radius 3 is 2.35 bits per heavy atom. The van der Waals surface area contributed by atoms with E-state index in [2.05, 4.69) is 48.5 Å². The van der Waals surface area contributed by atoms with E-state index in [1.165, 1.54) is 16.7 Å². The molecule has 0 aromatic heterocycles. The minimum atomic E-state index is 0.117. The summed E-state index contributed by atoms with van der Waals surface area (Å²) in [6, 6.07) is 19.2. The minimum absolute atomic E-state index is 0.117. The summed E-state index contributed by atoms with van der Waals surface area (Å²) in [6.45, 7) is 1.76. The van der Waals surface area contributed by atoms with E-state index in [-0.39, 0.29) is 6.04 Å². The summed E-state index contributed by atoms with van der Waals surface area (Å²) in [7, 11) is 0. The smallest absolute Gasteiger partial charge is 0.0495 e. The van der Waals surface area contributed by atoms with Gasteiger partial charge in [-0.2, -0.15) is 0 Å². The van der Waals surface area contributed by atoms with Gasteiger partial charge in [-0.25, -0.2) is 0 Å². The second-order valence-corrected chi connectivity index (χ2v) is 5.56. The van der Waals surface area contributed by atoms with Crippen molar-refractivity contribution in [2.75, 3.05) is 13.2 Å². The van der Waals surface area contributed by atoms with Crippen molar-refractivity contribution in [2.24, 2.45) is 11.7 Å². The van der Waals surface area contributed by atoms with Crippen LogP contribution in [-0.4, -0.2) is 13.2 Å². The largest absolute Gasteiger partial charge is 0.381 e. The van der Waals surface area contributed by atoms with Crippen LogP contribution in [-0.2, 0) is 4.74 Å². The fourth-order valence-corrected chi connectivity index (χ4v) is 2.82. The third kappa shape index (κ3) is 3.09. The van der Waals surface area contributed by atoms with E-state index in [9.17, 15) is 0 Å². The maximum absolute atomic E-state index is 6.31. The molecular formula is C18H21NO. The molecule has 0 bridgehead atoms. The van der Waals surface area contributed by atoms with Gasteiger partial charge >= 0.3 is 0 Å². The molecule has 20 heavy (non-hydrogen) atoms. The zero-order valence-corrected chi connectivity index (χ0v) is 11.7. The van der Waals surface area contributed by atoms with Crippen LogP contribution in [0.1, 0.15) is 24.4 Å². The predicted molar refractivity (Wildman–Crippen MR) is 82.3 cm³/mol. The summed E-state index contributed by atoms with van der Waals surface area (Å²) in [5.74, 6) is 0.624. The van der Waals surface area contributed by atoms with Crippen LogP contribution in [0.2, 0.25) is 0 Å². The maximum atomic E-state index is 6.31. The number of nitrogens with two attached hydrogens (primary N) is 1. The molecule has 0 aliphatic carbocycles. The Labute approximate surface area is 120 Å². The van der Waals surface area contributed by atoms with E-state index in [4.69, 9.17) is 10.5 Å². The molecule has 2 N–H and O–H groups in total. The molecular weight excluding hydrogens is 246 g/mol. The zero-order chi connectivity index (χ0) is 13.8. The minimum Gasteiger partial charge on any atom is -0.381 e. The Kier molecular flexibility index (Phi) is 4.14. The molecule has 3 rings (SSSR count). The van der Waals surface area contributed by atoms with Gasteiger partial charge in [0.25, 0.3) is 0 Å². The lowest BCUT2D eigenvalue weighted by Gasteiger charge is -2.16. The molecule has 104 valence electrons. The van der Waals surface area contributed by atoms with Gasteiger partial charge in [0.05, 0.1) is 0 Å². The normalized spacial score (nSPS) is 19.9. The highest BCUT2D eigenvalue weighted by Crippen LogP contribution is 2.26. The lowest BCUT2D eigenvalue weighted by atomic mass is 9.93. The number of benzene rings is 2. The van der Waals surface area contributed by atoms with Crippen molar-refractivity contribution >= 4 is 0 Å². The fraction of sp³-hybridized carbons (Fsp3) is 0.333. The van der Waals surface area contributed by atoms with E-state index < -0.39 is 0 Å². The topological polar surface area (TPSA) is 35.2 Å². The summed E-state index contributed by atoms with van der Waals surface area (Å²) in [5.41, 5.74) is 10.0. The molecule has 0 spiro atoms. The van der Waals surface area contributed by atoms with Gasteiger partial charge in [-0.1, -0.05) is 54.6 Å². The molecule has 2 aromatic carbocycles. The van der Waals surface area contributed by atoms with Crippen molar-refractivity contribution in [2.45, 2.75) is 18.9 Å². The number of hydrogen-bond donors (Lipinski definition) is 1. The lowest BCUT2D eigenvalue weighted by Crippen LogP contribution is -2.15. The Hall–Kier alpha value is -1.64. The van der Waals surface area contributed by atoms with Gasteiger partial charge < -0.3 is 10.5 Å². The summed E-state index contributed by atoms with van der Waals surface area (Å²) < 4.78 is 5.42. The van der Waals surface area contributed by atoms with Gasteiger partial charge in [-0.05, 0) is 35.4 Å². The number of ether oxygens (including phenoxy) is 1. The number of rotatable bonds is 4. The maximum Gasteiger partial charge on any atom is 0.0495 e. The third-order valence-electron chi connectivity index (χ3n) is 4.06.